The number of hydrazone groups is 1. The van der Waals surface area contributed by atoms with Gasteiger partial charge in [0.1, 0.15) is 0 Å². The fraction of sp³-hybridized carbons (Fsp3) is 0.222. The van der Waals surface area contributed by atoms with Gasteiger partial charge in [-0.3, -0.25) is 5.01 Å². The van der Waals surface area contributed by atoms with Crippen molar-refractivity contribution >= 4 is 29.1 Å². The molecule has 1 aliphatic heterocycles. The summed E-state index contributed by atoms with van der Waals surface area (Å²) in [5.74, 6) is 2.74. The molecule has 0 aliphatic carbocycles. The lowest BCUT2D eigenvalue weighted by Gasteiger charge is -2.24. The van der Waals surface area contributed by atoms with Gasteiger partial charge in [0.25, 0.3) is 0 Å². The van der Waals surface area contributed by atoms with Gasteiger partial charge >= 0.3 is 0 Å². The van der Waals surface area contributed by atoms with Gasteiger partial charge in [-0.25, -0.2) is 0 Å². The van der Waals surface area contributed by atoms with Crippen LogP contribution in [0.15, 0.2) is 71.8 Å². The standard InChI is InChI=1S/C27H27ClN2O4/c1-31-24-12-9-18(14-26(24)33-3)8-11-21-17-23(19-10-13-25(32-2)27(15-19)34-4)30(29-21)22-7-5-6-20(28)16-22/h5-16,23H,17H2,1-4H3/b11-8-/t23-/m1/s1. The number of methoxy groups -OCH3 is 4. The Morgan fingerprint density at radius 2 is 1.47 bits per heavy atom. The van der Waals surface area contributed by atoms with Crippen LogP contribution in [0.5, 0.6) is 23.0 Å². The molecule has 34 heavy (non-hydrogen) atoms. The largest absolute Gasteiger partial charge is 0.493 e. The molecule has 0 unspecified atom stereocenters. The highest BCUT2D eigenvalue weighted by Gasteiger charge is 2.29. The van der Waals surface area contributed by atoms with Crippen molar-refractivity contribution in [3.63, 3.8) is 0 Å². The van der Waals surface area contributed by atoms with E-state index < -0.39 is 0 Å². The third-order valence-electron chi connectivity index (χ3n) is 5.67. The summed E-state index contributed by atoms with van der Waals surface area (Å²) >= 11 is 6.29. The maximum atomic E-state index is 6.29. The minimum Gasteiger partial charge on any atom is -0.493 e. The van der Waals surface area contributed by atoms with E-state index in [2.05, 4.69) is 0 Å². The molecule has 6 nitrogen and oxygen atoms in total. The zero-order valence-electron chi connectivity index (χ0n) is 19.6. The number of anilines is 1. The predicted molar refractivity (Wildman–Crippen MR) is 137 cm³/mol. The van der Waals surface area contributed by atoms with Crippen molar-refractivity contribution in [3.8, 4) is 23.0 Å². The van der Waals surface area contributed by atoms with E-state index in [1.54, 1.807) is 28.4 Å². The monoisotopic (exact) mass is 478 g/mol. The summed E-state index contributed by atoms with van der Waals surface area (Å²) in [6.45, 7) is 0. The number of nitrogens with zero attached hydrogens (tertiary/aromatic N) is 2. The highest BCUT2D eigenvalue weighted by Crippen LogP contribution is 2.39. The maximum Gasteiger partial charge on any atom is 0.161 e. The lowest BCUT2D eigenvalue weighted by atomic mass is 10.00. The zero-order chi connectivity index (χ0) is 24.1. The lowest BCUT2D eigenvalue weighted by Crippen LogP contribution is -2.18. The van der Waals surface area contributed by atoms with Crippen molar-refractivity contribution < 1.29 is 18.9 Å². The number of hydrogen-bond acceptors (Lipinski definition) is 6. The third kappa shape index (κ3) is 4.97. The molecule has 4 rings (SSSR count). The van der Waals surface area contributed by atoms with Crippen molar-refractivity contribution in [2.45, 2.75) is 12.5 Å². The van der Waals surface area contributed by atoms with Gasteiger partial charge in [0.2, 0.25) is 0 Å². The molecule has 7 heteroatoms. The van der Waals surface area contributed by atoms with Crippen LogP contribution in [0, 0.1) is 0 Å². The number of allylic oxidation sites excluding steroid dienone is 1. The first-order chi connectivity index (χ1) is 16.6. The molecule has 1 atom stereocenters. The fourth-order valence-electron chi connectivity index (χ4n) is 3.96. The van der Waals surface area contributed by atoms with Gasteiger partial charge in [-0.15, -0.1) is 0 Å². The molecule has 0 spiro atoms. The second-order valence-electron chi connectivity index (χ2n) is 7.70. The summed E-state index contributed by atoms with van der Waals surface area (Å²) in [5, 5.41) is 7.58. The molecular formula is C27H27ClN2O4. The first-order valence-electron chi connectivity index (χ1n) is 10.8. The SMILES string of the molecule is COc1ccc(/C=C\C2=NN(c3cccc(Cl)c3)[C@@H](c3ccc(OC)c(OC)c3)C2)cc1OC. The minimum absolute atomic E-state index is 0.0247. The van der Waals surface area contributed by atoms with E-state index in [9.17, 15) is 0 Å². The van der Waals surface area contributed by atoms with Crippen molar-refractivity contribution in [2.24, 2.45) is 5.10 Å². The van der Waals surface area contributed by atoms with E-state index in [0.717, 1.165) is 22.5 Å². The average Bonchev–Trinajstić information content (AvgIpc) is 3.31. The molecule has 0 amide bonds. The maximum absolute atomic E-state index is 6.29. The highest BCUT2D eigenvalue weighted by atomic mass is 35.5. The van der Waals surface area contributed by atoms with E-state index in [1.807, 2.05) is 77.8 Å². The highest BCUT2D eigenvalue weighted by molar-refractivity contribution is 6.30. The quantitative estimate of drug-likeness (QED) is 0.375. The third-order valence-corrected chi connectivity index (χ3v) is 5.91. The van der Waals surface area contributed by atoms with Crippen LogP contribution < -0.4 is 24.0 Å². The number of ether oxygens (including phenoxy) is 4. The molecule has 0 saturated carbocycles. The second-order valence-corrected chi connectivity index (χ2v) is 8.13. The molecule has 0 bridgehead atoms. The number of hydrogen-bond donors (Lipinski definition) is 0. The lowest BCUT2D eigenvalue weighted by molar-refractivity contribution is 0.354. The van der Waals surface area contributed by atoms with E-state index in [0.29, 0.717) is 34.4 Å². The fourth-order valence-corrected chi connectivity index (χ4v) is 4.14. The Balaban J connectivity index is 1.67. The van der Waals surface area contributed by atoms with Gasteiger partial charge in [0.05, 0.1) is 45.9 Å². The number of rotatable bonds is 8. The van der Waals surface area contributed by atoms with Crippen LogP contribution in [0.1, 0.15) is 23.6 Å². The van der Waals surface area contributed by atoms with Crippen molar-refractivity contribution in [3.05, 3.63) is 82.9 Å². The molecule has 3 aromatic rings. The number of halogens is 1. The van der Waals surface area contributed by atoms with Crippen LogP contribution >= 0.6 is 11.6 Å². The molecule has 0 aromatic heterocycles. The molecule has 1 heterocycles. The molecule has 0 saturated heterocycles. The first kappa shape index (κ1) is 23.5. The van der Waals surface area contributed by atoms with Crippen LogP contribution in [-0.2, 0) is 0 Å². The van der Waals surface area contributed by atoms with E-state index in [4.69, 9.17) is 35.6 Å². The smallest absolute Gasteiger partial charge is 0.161 e. The molecular weight excluding hydrogens is 452 g/mol. The molecule has 0 radical (unpaired) electrons. The topological polar surface area (TPSA) is 52.5 Å². The summed E-state index contributed by atoms with van der Waals surface area (Å²) < 4.78 is 21.7. The first-order valence-corrected chi connectivity index (χ1v) is 11.2. The Hall–Kier alpha value is -3.64. The summed E-state index contributed by atoms with van der Waals surface area (Å²) in [5.41, 5.74) is 3.91. The normalized spacial score (nSPS) is 15.4. The van der Waals surface area contributed by atoms with Crippen LogP contribution in [0.25, 0.3) is 6.08 Å². The second kappa shape index (κ2) is 10.5. The molecule has 1 aliphatic rings. The van der Waals surface area contributed by atoms with Crippen molar-refractivity contribution in [1.29, 1.82) is 0 Å². The van der Waals surface area contributed by atoms with Gasteiger partial charge in [-0.1, -0.05) is 35.9 Å². The van der Waals surface area contributed by atoms with E-state index in [1.165, 1.54) is 0 Å². The Morgan fingerprint density at radius 1 is 0.794 bits per heavy atom. The Morgan fingerprint density at radius 3 is 2.15 bits per heavy atom. The van der Waals surface area contributed by atoms with E-state index >= 15 is 0 Å². The number of benzene rings is 3. The van der Waals surface area contributed by atoms with Crippen LogP contribution in [-0.4, -0.2) is 34.2 Å². The Labute approximate surface area is 205 Å². The van der Waals surface area contributed by atoms with Gasteiger partial charge in [0.15, 0.2) is 23.0 Å². The van der Waals surface area contributed by atoms with Gasteiger partial charge in [-0.2, -0.15) is 5.10 Å². The Kier molecular flexibility index (Phi) is 7.28. The van der Waals surface area contributed by atoms with E-state index in [-0.39, 0.29) is 6.04 Å². The van der Waals surface area contributed by atoms with Gasteiger partial charge in [0, 0.05) is 11.4 Å². The summed E-state index contributed by atoms with van der Waals surface area (Å²) in [6, 6.07) is 19.4. The molecule has 0 N–H and O–H groups in total. The van der Waals surface area contributed by atoms with Crippen LogP contribution in [0.2, 0.25) is 5.02 Å². The van der Waals surface area contributed by atoms with Gasteiger partial charge < -0.3 is 18.9 Å². The summed E-state index contributed by atoms with van der Waals surface area (Å²) in [6.07, 6.45) is 4.76. The summed E-state index contributed by atoms with van der Waals surface area (Å²) in [4.78, 5) is 0. The zero-order valence-corrected chi connectivity index (χ0v) is 20.4. The van der Waals surface area contributed by atoms with Crippen molar-refractivity contribution in [2.75, 3.05) is 33.4 Å². The van der Waals surface area contributed by atoms with Crippen LogP contribution in [0.4, 0.5) is 5.69 Å². The molecule has 3 aromatic carbocycles. The predicted octanol–water partition coefficient (Wildman–Crippen LogP) is 6.40. The molecule has 0 fully saturated rings. The van der Waals surface area contributed by atoms with Crippen molar-refractivity contribution in [1.82, 2.24) is 0 Å². The summed E-state index contributed by atoms with van der Waals surface area (Å²) in [7, 11) is 6.52. The van der Waals surface area contributed by atoms with Crippen LogP contribution in [0.3, 0.4) is 0 Å². The Bertz CT molecular complexity index is 1230. The molecule has 176 valence electrons. The van der Waals surface area contributed by atoms with Gasteiger partial charge in [-0.05, 0) is 59.7 Å². The minimum atomic E-state index is -0.0247. The average molecular weight is 479 g/mol.